The lowest BCUT2D eigenvalue weighted by Gasteiger charge is -2.15. The van der Waals surface area contributed by atoms with Crippen LogP contribution in [-0.4, -0.2) is 29.7 Å². The van der Waals surface area contributed by atoms with Gasteiger partial charge in [-0.15, -0.1) is 0 Å². The zero-order chi connectivity index (χ0) is 21.8. The lowest BCUT2D eigenvalue weighted by Crippen LogP contribution is -2.20. The fourth-order valence-electron chi connectivity index (χ4n) is 2.33. The number of methoxy groups -OCH3 is 1. The third-order valence-electron chi connectivity index (χ3n) is 3.78. The van der Waals surface area contributed by atoms with E-state index in [1.807, 2.05) is 0 Å². The number of thioether (sulfide) groups is 1. The maximum Gasteiger partial charge on any atom is 0.417 e. The number of alkyl halides is 3. The Kier molecular flexibility index (Phi) is 7.79. The third kappa shape index (κ3) is 5.77. The summed E-state index contributed by atoms with van der Waals surface area (Å²) in [6.45, 7) is 1.80. The predicted molar refractivity (Wildman–Crippen MR) is 106 cm³/mol. The Morgan fingerprint density at radius 1 is 1.28 bits per heavy atom. The highest BCUT2D eigenvalue weighted by Crippen LogP contribution is 2.36. The SMILES string of the molecule is CCc1c(Cl)ccc(NC(=O)c2cnc(SCC(=O)OC)cc2C(F)(F)F)c1Cl. The van der Waals surface area contributed by atoms with Crippen LogP contribution in [-0.2, 0) is 22.1 Å². The smallest absolute Gasteiger partial charge is 0.417 e. The van der Waals surface area contributed by atoms with Crippen LogP contribution in [0.4, 0.5) is 18.9 Å². The second-order valence-electron chi connectivity index (χ2n) is 5.63. The third-order valence-corrected chi connectivity index (χ3v) is 5.47. The molecule has 0 radical (unpaired) electrons. The van der Waals surface area contributed by atoms with Gasteiger partial charge in [-0.1, -0.05) is 41.9 Å². The number of rotatable bonds is 6. The summed E-state index contributed by atoms with van der Waals surface area (Å²) >= 11 is 13.0. The average Bonchev–Trinajstić information content (AvgIpc) is 2.67. The topological polar surface area (TPSA) is 68.3 Å². The maximum atomic E-state index is 13.5. The van der Waals surface area contributed by atoms with Crippen LogP contribution >= 0.6 is 35.0 Å². The van der Waals surface area contributed by atoms with Crippen LogP contribution in [0.3, 0.4) is 0 Å². The van der Waals surface area contributed by atoms with Gasteiger partial charge in [0.1, 0.15) is 0 Å². The standard InChI is InChI=1S/C18H15Cl2F3N2O3S/c1-3-9-12(19)4-5-13(16(9)20)25-17(27)10-7-24-14(29-8-15(26)28-2)6-11(10)18(21,22)23/h4-7H,3,8H2,1-2H3,(H,25,27). The van der Waals surface area contributed by atoms with Crippen LogP contribution in [0.1, 0.15) is 28.4 Å². The minimum Gasteiger partial charge on any atom is -0.468 e. The molecule has 0 unspecified atom stereocenters. The Labute approximate surface area is 178 Å². The van der Waals surface area contributed by atoms with E-state index in [-0.39, 0.29) is 21.5 Å². The summed E-state index contributed by atoms with van der Waals surface area (Å²) in [6.07, 6.45) is -3.53. The summed E-state index contributed by atoms with van der Waals surface area (Å²) < 4.78 is 44.9. The number of aromatic nitrogens is 1. The molecule has 1 amide bonds. The van der Waals surface area contributed by atoms with Crippen molar-refractivity contribution in [3.8, 4) is 0 Å². The first-order chi connectivity index (χ1) is 13.6. The zero-order valence-corrected chi connectivity index (χ0v) is 17.5. The van der Waals surface area contributed by atoms with Gasteiger partial charge >= 0.3 is 12.1 Å². The highest BCUT2D eigenvalue weighted by atomic mass is 35.5. The van der Waals surface area contributed by atoms with Gasteiger partial charge in [-0.3, -0.25) is 9.59 Å². The van der Waals surface area contributed by atoms with Crippen LogP contribution < -0.4 is 5.32 Å². The minimum atomic E-state index is -4.81. The first-order valence-corrected chi connectivity index (χ1v) is 9.87. The van der Waals surface area contributed by atoms with Gasteiger partial charge in [0, 0.05) is 11.2 Å². The Bertz CT molecular complexity index is 939. The van der Waals surface area contributed by atoms with E-state index in [0.717, 1.165) is 25.1 Å². The summed E-state index contributed by atoms with van der Waals surface area (Å²) in [6, 6.07) is 3.61. The highest BCUT2D eigenvalue weighted by Gasteiger charge is 2.36. The van der Waals surface area contributed by atoms with Crippen LogP contribution in [0.15, 0.2) is 29.4 Å². The fourth-order valence-corrected chi connectivity index (χ4v) is 3.73. The molecule has 0 saturated carbocycles. The molecule has 11 heteroatoms. The second-order valence-corrected chi connectivity index (χ2v) is 7.41. The van der Waals surface area contributed by atoms with Crippen molar-refractivity contribution < 1.29 is 27.5 Å². The Morgan fingerprint density at radius 2 is 1.97 bits per heavy atom. The molecule has 1 heterocycles. The van der Waals surface area contributed by atoms with E-state index in [4.69, 9.17) is 23.2 Å². The molecule has 0 bridgehead atoms. The lowest BCUT2D eigenvalue weighted by atomic mass is 10.1. The number of hydrogen-bond donors (Lipinski definition) is 1. The van der Waals surface area contributed by atoms with Crippen LogP contribution in [0.25, 0.3) is 0 Å². The van der Waals surface area contributed by atoms with E-state index >= 15 is 0 Å². The summed E-state index contributed by atoms with van der Waals surface area (Å²) in [5, 5.41) is 2.84. The number of benzene rings is 1. The summed E-state index contributed by atoms with van der Waals surface area (Å²) in [7, 11) is 1.16. The molecular weight excluding hydrogens is 452 g/mol. The van der Waals surface area contributed by atoms with E-state index in [2.05, 4.69) is 15.0 Å². The number of carbonyl (C=O) groups excluding carboxylic acids is 2. The number of amides is 1. The minimum absolute atomic E-state index is 0.0722. The molecule has 2 rings (SSSR count). The number of halogens is 5. The molecule has 1 aromatic carbocycles. The Hall–Kier alpha value is -1.97. The van der Waals surface area contributed by atoms with Gasteiger partial charge in [0.15, 0.2) is 0 Å². The molecule has 0 saturated heterocycles. The van der Waals surface area contributed by atoms with Crippen LogP contribution in [0.2, 0.25) is 10.0 Å². The average molecular weight is 467 g/mol. The molecule has 0 aliphatic carbocycles. The van der Waals surface area contributed by atoms with Gasteiger partial charge in [-0.2, -0.15) is 13.2 Å². The molecule has 0 aliphatic heterocycles. The quantitative estimate of drug-likeness (QED) is 0.450. The fraction of sp³-hybridized carbons (Fsp3) is 0.278. The van der Waals surface area contributed by atoms with Crippen molar-refractivity contribution in [3.63, 3.8) is 0 Å². The molecule has 0 spiro atoms. The molecule has 2 aromatic rings. The van der Waals surface area contributed by atoms with Gasteiger partial charge < -0.3 is 10.1 Å². The number of nitrogens with zero attached hydrogens (tertiary/aromatic N) is 1. The molecule has 1 N–H and O–H groups in total. The van der Waals surface area contributed by atoms with E-state index < -0.39 is 29.2 Å². The summed E-state index contributed by atoms with van der Waals surface area (Å²) in [4.78, 5) is 27.5. The van der Waals surface area contributed by atoms with Crippen molar-refractivity contribution in [2.75, 3.05) is 18.2 Å². The first kappa shape index (κ1) is 23.3. The van der Waals surface area contributed by atoms with E-state index in [9.17, 15) is 22.8 Å². The lowest BCUT2D eigenvalue weighted by molar-refractivity contribution is -0.138. The highest BCUT2D eigenvalue weighted by molar-refractivity contribution is 7.99. The first-order valence-electron chi connectivity index (χ1n) is 8.13. The molecular formula is C18H15Cl2F3N2O3S. The van der Waals surface area contributed by atoms with Gasteiger partial charge in [-0.25, -0.2) is 4.98 Å². The van der Waals surface area contributed by atoms with Crippen molar-refractivity contribution >= 4 is 52.5 Å². The van der Waals surface area contributed by atoms with Crippen LogP contribution in [0, 0.1) is 0 Å². The number of hydrogen-bond acceptors (Lipinski definition) is 5. The van der Waals surface area contributed by atoms with Crippen LogP contribution in [0.5, 0.6) is 0 Å². The Balaban J connectivity index is 2.35. The van der Waals surface area contributed by atoms with Crippen molar-refractivity contribution in [3.05, 3.63) is 51.1 Å². The van der Waals surface area contributed by atoms with Gasteiger partial charge in [0.05, 0.1) is 39.7 Å². The maximum absolute atomic E-state index is 13.5. The van der Waals surface area contributed by atoms with Crippen molar-refractivity contribution in [2.24, 2.45) is 0 Å². The molecule has 5 nitrogen and oxygen atoms in total. The number of anilines is 1. The molecule has 1 aromatic heterocycles. The van der Waals surface area contributed by atoms with Crippen molar-refractivity contribution in [1.29, 1.82) is 0 Å². The number of carbonyl (C=O) groups is 2. The van der Waals surface area contributed by atoms with Crippen molar-refractivity contribution in [2.45, 2.75) is 24.5 Å². The second kappa shape index (κ2) is 9.69. The summed E-state index contributed by atoms with van der Waals surface area (Å²) in [5.41, 5.74) is -1.16. The van der Waals surface area contributed by atoms with E-state index in [1.54, 1.807) is 6.92 Å². The number of pyridine rings is 1. The predicted octanol–water partition coefficient (Wildman–Crippen LogP) is 5.49. The molecule has 0 atom stereocenters. The Morgan fingerprint density at radius 3 is 2.55 bits per heavy atom. The van der Waals surface area contributed by atoms with E-state index in [0.29, 0.717) is 23.1 Å². The number of nitrogens with one attached hydrogen (secondary N) is 1. The molecule has 0 fully saturated rings. The number of ether oxygens (including phenoxy) is 1. The van der Waals surface area contributed by atoms with Crippen molar-refractivity contribution in [1.82, 2.24) is 4.98 Å². The van der Waals surface area contributed by atoms with Gasteiger partial charge in [0.2, 0.25) is 0 Å². The molecule has 0 aliphatic rings. The normalized spacial score (nSPS) is 11.3. The largest absolute Gasteiger partial charge is 0.468 e. The van der Waals surface area contributed by atoms with Gasteiger partial charge in [0.25, 0.3) is 5.91 Å². The number of esters is 1. The monoisotopic (exact) mass is 466 g/mol. The van der Waals surface area contributed by atoms with Gasteiger partial charge in [-0.05, 0) is 30.2 Å². The molecule has 29 heavy (non-hydrogen) atoms. The zero-order valence-electron chi connectivity index (χ0n) is 15.2. The summed E-state index contributed by atoms with van der Waals surface area (Å²) in [5.74, 6) is -1.86. The molecule has 156 valence electrons. The van der Waals surface area contributed by atoms with E-state index in [1.165, 1.54) is 12.1 Å².